The van der Waals surface area contributed by atoms with Crippen molar-refractivity contribution in [3.8, 4) is 28.7 Å². The van der Waals surface area contributed by atoms with Crippen molar-refractivity contribution >= 4 is 17.3 Å². The van der Waals surface area contributed by atoms with Gasteiger partial charge in [0.2, 0.25) is 12.0 Å². The highest BCUT2D eigenvalue weighted by Crippen LogP contribution is 2.50. The Bertz CT molecular complexity index is 1240. The maximum Gasteiger partial charge on any atom is 0.214 e. The van der Waals surface area contributed by atoms with Gasteiger partial charge < -0.3 is 23.7 Å². The monoisotopic (exact) mass is 494 g/mol. The quantitative estimate of drug-likeness (QED) is 0.401. The van der Waals surface area contributed by atoms with E-state index < -0.39 is 6.23 Å². The van der Waals surface area contributed by atoms with Crippen molar-refractivity contribution in [2.45, 2.75) is 25.6 Å². The molecule has 0 aromatic heterocycles. The smallest absolute Gasteiger partial charge is 0.214 e. The number of hydrazone groups is 1. The van der Waals surface area contributed by atoms with Gasteiger partial charge in [-0.05, 0) is 67.1 Å². The molecule has 5 rings (SSSR count). The van der Waals surface area contributed by atoms with Crippen LogP contribution in [-0.2, 0) is 0 Å². The summed E-state index contributed by atoms with van der Waals surface area (Å²) in [5.41, 5.74) is 3.84. The lowest BCUT2D eigenvalue weighted by Gasteiger charge is -2.38. The van der Waals surface area contributed by atoms with Gasteiger partial charge >= 0.3 is 0 Å². The van der Waals surface area contributed by atoms with E-state index in [2.05, 4.69) is 0 Å². The zero-order valence-electron chi connectivity index (χ0n) is 20.1. The summed E-state index contributed by atoms with van der Waals surface area (Å²) < 4.78 is 28.7. The molecule has 3 aromatic rings. The topological polar surface area (TPSA) is 61.8 Å². The Balaban J connectivity index is 1.59. The van der Waals surface area contributed by atoms with E-state index in [1.54, 1.807) is 21.3 Å². The molecule has 3 aromatic carbocycles. The molecule has 0 amide bonds. The van der Waals surface area contributed by atoms with Gasteiger partial charge in [0.1, 0.15) is 11.5 Å². The molecular formula is C27H27ClN2O5. The van der Waals surface area contributed by atoms with Gasteiger partial charge in [0.05, 0.1) is 39.7 Å². The summed E-state index contributed by atoms with van der Waals surface area (Å²) in [4.78, 5) is 0. The molecule has 2 aliphatic rings. The third-order valence-electron chi connectivity index (χ3n) is 6.22. The Morgan fingerprint density at radius 3 is 2.31 bits per heavy atom. The molecule has 0 saturated carbocycles. The fraction of sp³-hybridized carbons (Fsp3) is 0.296. The SMILES string of the molecule is CCOc1ccc(C2=NN3[C@@H](C2)c2cc(Cl)ccc2O[C@H]3c2cc(OC)c(OC)c(OC)c2)cc1. The Hall–Kier alpha value is -3.58. The average Bonchev–Trinajstić information content (AvgIpc) is 3.34. The number of nitrogens with zero attached hydrogens (tertiary/aromatic N) is 2. The number of benzene rings is 3. The summed E-state index contributed by atoms with van der Waals surface area (Å²) >= 11 is 6.36. The number of fused-ring (bicyclic) bond motifs is 3. The van der Waals surface area contributed by atoms with Gasteiger partial charge in [0, 0.05) is 22.6 Å². The Labute approximate surface area is 209 Å². The standard InChI is InChI=1S/C27H27ClN2O5/c1-5-34-19-9-6-16(7-10-19)21-15-22-20-14-18(28)8-11-23(20)35-27(30(22)29-21)17-12-24(31-2)26(33-4)25(13-17)32-3/h6-14,22,27H,5,15H2,1-4H3/t22-,27-/m0/s1. The zero-order chi connectivity index (χ0) is 24.5. The number of hydrogen-bond acceptors (Lipinski definition) is 7. The van der Waals surface area contributed by atoms with Crippen LogP contribution in [0.3, 0.4) is 0 Å². The largest absolute Gasteiger partial charge is 0.494 e. The first-order valence-corrected chi connectivity index (χ1v) is 11.8. The van der Waals surface area contributed by atoms with Gasteiger partial charge in [0.15, 0.2) is 11.5 Å². The van der Waals surface area contributed by atoms with Crippen molar-refractivity contribution in [3.05, 3.63) is 76.3 Å². The third kappa shape index (κ3) is 4.21. The number of halogens is 1. The van der Waals surface area contributed by atoms with E-state index in [1.165, 1.54) is 0 Å². The highest BCUT2D eigenvalue weighted by molar-refractivity contribution is 6.30. The van der Waals surface area contributed by atoms with E-state index in [-0.39, 0.29) is 6.04 Å². The minimum absolute atomic E-state index is 0.0388. The molecular weight excluding hydrogens is 468 g/mol. The lowest BCUT2D eigenvalue weighted by atomic mass is 9.95. The molecule has 2 atom stereocenters. The summed E-state index contributed by atoms with van der Waals surface area (Å²) in [6.45, 7) is 2.60. The van der Waals surface area contributed by atoms with Crippen LogP contribution in [0.5, 0.6) is 28.7 Å². The van der Waals surface area contributed by atoms with Gasteiger partial charge in [-0.25, -0.2) is 5.01 Å². The highest BCUT2D eigenvalue weighted by Gasteiger charge is 2.41. The van der Waals surface area contributed by atoms with Crippen LogP contribution in [0, 0.1) is 0 Å². The number of hydrogen-bond donors (Lipinski definition) is 0. The molecule has 35 heavy (non-hydrogen) atoms. The summed E-state index contributed by atoms with van der Waals surface area (Å²) in [7, 11) is 4.78. The minimum Gasteiger partial charge on any atom is -0.494 e. The van der Waals surface area contributed by atoms with Crippen molar-refractivity contribution in [2.24, 2.45) is 5.10 Å². The first-order chi connectivity index (χ1) is 17.1. The van der Waals surface area contributed by atoms with Gasteiger partial charge in [0.25, 0.3) is 0 Å². The van der Waals surface area contributed by atoms with Crippen LogP contribution in [0.15, 0.2) is 59.7 Å². The second-order valence-electron chi connectivity index (χ2n) is 8.22. The predicted molar refractivity (Wildman–Crippen MR) is 134 cm³/mol. The van der Waals surface area contributed by atoms with Crippen molar-refractivity contribution in [1.82, 2.24) is 5.01 Å². The first-order valence-electron chi connectivity index (χ1n) is 11.4. The summed E-state index contributed by atoms with van der Waals surface area (Å²) in [5, 5.41) is 7.68. The molecule has 0 saturated heterocycles. The highest BCUT2D eigenvalue weighted by atomic mass is 35.5. The van der Waals surface area contributed by atoms with E-state index >= 15 is 0 Å². The van der Waals surface area contributed by atoms with Gasteiger partial charge in [-0.3, -0.25) is 0 Å². The van der Waals surface area contributed by atoms with Crippen LogP contribution >= 0.6 is 11.6 Å². The number of methoxy groups -OCH3 is 3. The molecule has 2 heterocycles. The lowest BCUT2D eigenvalue weighted by molar-refractivity contribution is -0.0192. The van der Waals surface area contributed by atoms with Crippen LogP contribution in [0.25, 0.3) is 0 Å². The first kappa shape index (κ1) is 23.2. The maximum absolute atomic E-state index is 6.48. The molecule has 2 aliphatic heterocycles. The van der Waals surface area contributed by atoms with Crippen LogP contribution < -0.4 is 23.7 Å². The molecule has 0 aliphatic carbocycles. The molecule has 0 N–H and O–H groups in total. The third-order valence-corrected chi connectivity index (χ3v) is 6.46. The number of rotatable bonds is 7. The van der Waals surface area contributed by atoms with Crippen LogP contribution in [-0.4, -0.2) is 38.7 Å². The molecule has 0 unspecified atom stereocenters. The van der Waals surface area contributed by atoms with Gasteiger partial charge in [-0.1, -0.05) is 11.6 Å². The maximum atomic E-state index is 6.48. The van der Waals surface area contributed by atoms with Crippen LogP contribution in [0.1, 0.15) is 42.3 Å². The summed E-state index contributed by atoms with van der Waals surface area (Å²) in [6, 6.07) is 17.5. The van der Waals surface area contributed by atoms with Crippen LogP contribution in [0.2, 0.25) is 5.02 Å². The molecule has 182 valence electrons. The Morgan fingerprint density at radius 1 is 0.971 bits per heavy atom. The Kier molecular flexibility index (Phi) is 6.34. The molecule has 8 heteroatoms. The molecule has 0 spiro atoms. The van der Waals surface area contributed by atoms with E-state index in [0.717, 1.165) is 33.9 Å². The van der Waals surface area contributed by atoms with E-state index in [4.69, 9.17) is 40.4 Å². The predicted octanol–water partition coefficient (Wildman–Crippen LogP) is 6.01. The van der Waals surface area contributed by atoms with E-state index in [0.29, 0.717) is 35.3 Å². The molecule has 7 nitrogen and oxygen atoms in total. The van der Waals surface area contributed by atoms with Crippen molar-refractivity contribution < 1.29 is 23.7 Å². The van der Waals surface area contributed by atoms with Crippen molar-refractivity contribution in [3.63, 3.8) is 0 Å². The van der Waals surface area contributed by atoms with E-state index in [9.17, 15) is 0 Å². The van der Waals surface area contributed by atoms with Gasteiger partial charge in [-0.2, -0.15) is 5.10 Å². The second kappa shape index (κ2) is 9.58. The minimum atomic E-state index is -0.498. The fourth-order valence-electron chi connectivity index (χ4n) is 4.61. The van der Waals surface area contributed by atoms with E-state index in [1.807, 2.05) is 66.5 Å². The molecule has 0 radical (unpaired) electrons. The molecule has 0 fully saturated rings. The summed E-state index contributed by atoms with van der Waals surface area (Å²) in [6.07, 6.45) is 0.216. The van der Waals surface area contributed by atoms with Crippen molar-refractivity contribution in [2.75, 3.05) is 27.9 Å². The molecule has 0 bridgehead atoms. The average molecular weight is 495 g/mol. The number of ether oxygens (including phenoxy) is 5. The lowest BCUT2D eigenvalue weighted by Crippen LogP contribution is -2.33. The van der Waals surface area contributed by atoms with Gasteiger partial charge in [-0.15, -0.1) is 0 Å². The second-order valence-corrected chi connectivity index (χ2v) is 8.65. The fourth-order valence-corrected chi connectivity index (χ4v) is 4.79. The Morgan fingerprint density at radius 2 is 1.69 bits per heavy atom. The normalized spacial score (nSPS) is 18.2. The van der Waals surface area contributed by atoms with Crippen molar-refractivity contribution in [1.29, 1.82) is 0 Å². The zero-order valence-corrected chi connectivity index (χ0v) is 20.8. The van der Waals surface area contributed by atoms with Crippen LogP contribution in [0.4, 0.5) is 0 Å². The summed E-state index contributed by atoms with van der Waals surface area (Å²) in [5.74, 6) is 3.25.